The Hall–Kier alpha value is -0.383. The Morgan fingerprint density at radius 1 is 1.31 bits per heavy atom. The highest BCUT2D eigenvalue weighted by atomic mass is 127. The van der Waals surface area contributed by atoms with Crippen molar-refractivity contribution >= 4 is 30.9 Å². The summed E-state index contributed by atoms with van der Waals surface area (Å²) in [5.41, 5.74) is 0.128. The molecule has 0 heterocycles. The molecular formula is C12H16INOSi. The van der Waals surface area contributed by atoms with Gasteiger partial charge < -0.3 is 4.43 Å². The highest BCUT2D eigenvalue weighted by Gasteiger charge is 2.34. The zero-order valence-corrected chi connectivity index (χ0v) is 13.2. The maximum absolute atomic E-state index is 9.37. The molecule has 86 valence electrons. The van der Waals surface area contributed by atoms with Gasteiger partial charge in [-0.3, -0.25) is 0 Å². The van der Waals surface area contributed by atoms with Crippen LogP contribution >= 0.6 is 22.6 Å². The Labute approximate surface area is 112 Å². The third kappa shape index (κ3) is 3.30. The zero-order valence-electron chi connectivity index (χ0n) is 10.0. The number of nitrogens with zero attached hydrogens (tertiary/aromatic N) is 1. The summed E-state index contributed by atoms with van der Waals surface area (Å²) in [6.07, 6.45) is 0. The van der Waals surface area contributed by atoms with E-state index in [9.17, 15) is 5.26 Å². The van der Waals surface area contributed by atoms with Crippen LogP contribution in [0.3, 0.4) is 0 Å². The smallest absolute Gasteiger partial charge is 0.186 e. The van der Waals surface area contributed by atoms with Gasteiger partial charge in [0.2, 0.25) is 0 Å². The summed E-state index contributed by atoms with van der Waals surface area (Å²) in [5, 5.41) is 9.37. The Morgan fingerprint density at radius 2 is 1.88 bits per heavy atom. The SMILES string of the molecule is C[C@](C#N)(O[Si](C)(C)C)c1ccccc1I. The summed E-state index contributed by atoms with van der Waals surface area (Å²) in [5.74, 6) is 0. The lowest BCUT2D eigenvalue weighted by molar-refractivity contribution is 0.140. The molecule has 0 aromatic heterocycles. The first kappa shape index (κ1) is 13.7. The minimum atomic E-state index is -1.75. The van der Waals surface area contributed by atoms with Gasteiger partial charge in [0, 0.05) is 9.13 Å². The molecule has 0 N–H and O–H groups in total. The molecule has 0 spiro atoms. The van der Waals surface area contributed by atoms with E-state index in [0.29, 0.717) is 0 Å². The van der Waals surface area contributed by atoms with Gasteiger partial charge in [-0.05, 0) is 55.2 Å². The summed E-state index contributed by atoms with van der Waals surface area (Å²) in [6, 6.07) is 10.2. The van der Waals surface area contributed by atoms with E-state index in [2.05, 4.69) is 48.3 Å². The molecule has 4 heteroatoms. The molecular weight excluding hydrogens is 329 g/mol. The first-order valence-electron chi connectivity index (χ1n) is 5.15. The van der Waals surface area contributed by atoms with Gasteiger partial charge in [0.25, 0.3) is 0 Å². The van der Waals surface area contributed by atoms with Gasteiger partial charge in [0.15, 0.2) is 13.9 Å². The number of hydrogen-bond donors (Lipinski definition) is 0. The highest BCUT2D eigenvalue weighted by Crippen LogP contribution is 2.31. The first-order chi connectivity index (χ1) is 7.28. The van der Waals surface area contributed by atoms with Gasteiger partial charge in [0.05, 0.1) is 0 Å². The highest BCUT2D eigenvalue weighted by molar-refractivity contribution is 14.1. The molecule has 2 nitrogen and oxygen atoms in total. The maximum Gasteiger partial charge on any atom is 0.186 e. The predicted octanol–water partition coefficient (Wildman–Crippen LogP) is 3.88. The van der Waals surface area contributed by atoms with E-state index in [1.807, 2.05) is 31.2 Å². The second kappa shape index (κ2) is 4.86. The van der Waals surface area contributed by atoms with Crippen LogP contribution in [0.5, 0.6) is 0 Å². The molecule has 1 aromatic rings. The van der Waals surface area contributed by atoms with Gasteiger partial charge in [-0.2, -0.15) is 5.26 Å². The molecule has 1 aromatic carbocycles. The van der Waals surface area contributed by atoms with Crippen LogP contribution in [0.25, 0.3) is 0 Å². The van der Waals surface area contributed by atoms with Gasteiger partial charge in [-0.1, -0.05) is 18.2 Å². The maximum atomic E-state index is 9.37. The van der Waals surface area contributed by atoms with E-state index in [0.717, 1.165) is 9.13 Å². The molecule has 0 saturated heterocycles. The molecule has 0 aliphatic carbocycles. The topological polar surface area (TPSA) is 33.0 Å². The van der Waals surface area contributed by atoms with Crippen LogP contribution in [-0.4, -0.2) is 8.32 Å². The van der Waals surface area contributed by atoms with Crippen LogP contribution in [0.4, 0.5) is 0 Å². The van der Waals surface area contributed by atoms with Crippen LogP contribution in [0.1, 0.15) is 12.5 Å². The molecule has 0 saturated carbocycles. The monoisotopic (exact) mass is 345 g/mol. The van der Waals surface area contributed by atoms with Crippen molar-refractivity contribution in [2.75, 3.05) is 0 Å². The summed E-state index contributed by atoms with van der Waals surface area (Å²) < 4.78 is 7.09. The first-order valence-corrected chi connectivity index (χ1v) is 9.64. The average molecular weight is 345 g/mol. The minimum absolute atomic E-state index is 0.831. The van der Waals surface area contributed by atoms with Crippen LogP contribution in [0.2, 0.25) is 19.6 Å². The van der Waals surface area contributed by atoms with E-state index < -0.39 is 13.9 Å². The number of rotatable bonds is 3. The van der Waals surface area contributed by atoms with Gasteiger partial charge in [0.1, 0.15) is 6.07 Å². The predicted molar refractivity (Wildman–Crippen MR) is 76.6 cm³/mol. The molecule has 0 amide bonds. The lowest BCUT2D eigenvalue weighted by atomic mass is 9.98. The number of hydrogen-bond acceptors (Lipinski definition) is 2. The number of nitriles is 1. The molecule has 16 heavy (non-hydrogen) atoms. The number of benzene rings is 1. The Bertz CT molecular complexity index is 422. The largest absolute Gasteiger partial charge is 0.397 e. The van der Waals surface area contributed by atoms with Crippen molar-refractivity contribution in [3.63, 3.8) is 0 Å². The van der Waals surface area contributed by atoms with E-state index in [-0.39, 0.29) is 0 Å². The third-order valence-corrected chi connectivity index (χ3v) is 4.07. The molecule has 0 fully saturated rings. The van der Waals surface area contributed by atoms with E-state index >= 15 is 0 Å². The van der Waals surface area contributed by atoms with Gasteiger partial charge >= 0.3 is 0 Å². The molecule has 0 aliphatic heterocycles. The van der Waals surface area contributed by atoms with Crippen molar-refractivity contribution in [1.29, 1.82) is 5.26 Å². The zero-order chi connectivity index (χ0) is 12.4. The fourth-order valence-electron chi connectivity index (χ4n) is 1.60. The fraction of sp³-hybridized carbons (Fsp3) is 0.417. The second-order valence-electron chi connectivity index (χ2n) is 4.84. The second-order valence-corrected chi connectivity index (χ2v) is 10.4. The Balaban J connectivity index is 3.17. The Morgan fingerprint density at radius 3 is 2.31 bits per heavy atom. The van der Waals surface area contributed by atoms with Gasteiger partial charge in [-0.25, -0.2) is 0 Å². The van der Waals surface area contributed by atoms with E-state index in [1.165, 1.54) is 0 Å². The molecule has 1 rings (SSSR count). The lowest BCUT2D eigenvalue weighted by Gasteiger charge is -2.31. The molecule has 0 bridgehead atoms. The van der Waals surface area contributed by atoms with Crippen molar-refractivity contribution in [2.45, 2.75) is 32.2 Å². The van der Waals surface area contributed by atoms with Crippen molar-refractivity contribution in [3.05, 3.63) is 33.4 Å². The van der Waals surface area contributed by atoms with Crippen molar-refractivity contribution in [1.82, 2.24) is 0 Å². The van der Waals surface area contributed by atoms with E-state index in [1.54, 1.807) is 0 Å². The van der Waals surface area contributed by atoms with Crippen molar-refractivity contribution < 1.29 is 4.43 Å². The quantitative estimate of drug-likeness (QED) is 0.615. The standard InChI is InChI=1S/C12H16INOSi/c1-12(9-14,15-16(2,3)4)10-7-5-6-8-11(10)13/h5-8H,1-4H3/t12-/m1/s1. The lowest BCUT2D eigenvalue weighted by Crippen LogP contribution is -2.38. The van der Waals surface area contributed by atoms with Crippen LogP contribution < -0.4 is 0 Å². The molecule has 1 atom stereocenters. The van der Waals surface area contributed by atoms with Crippen LogP contribution in [0.15, 0.2) is 24.3 Å². The average Bonchev–Trinajstić information content (AvgIpc) is 2.15. The molecule has 0 radical (unpaired) electrons. The third-order valence-electron chi connectivity index (χ3n) is 2.11. The summed E-state index contributed by atoms with van der Waals surface area (Å²) in [6.45, 7) is 8.14. The summed E-state index contributed by atoms with van der Waals surface area (Å²) >= 11 is 2.24. The van der Waals surface area contributed by atoms with Crippen LogP contribution in [-0.2, 0) is 10.0 Å². The van der Waals surface area contributed by atoms with E-state index in [4.69, 9.17) is 4.43 Å². The fourth-order valence-corrected chi connectivity index (χ4v) is 3.88. The van der Waals surface area contributed by atoms with Crippen molar-refractivity contribution in [3.8, 4) is 6.07 Å². The summed E-state index contributed by atoms with van der Waals surface area (Å²) in [4.78, 5) is 0. The minimum Gasteiger partial charge on any atom is -0.397 e. The summed E-state index contributed by atoms with van der Waals surface area (Å²) in [7, 11) is -1.75. The number of halogens is 1. The van der Waals surface area contributed by atoms with Crippen LogP contribution in [0, 0.1) is 14.9 Å². The molecule has 0 unspecified atom stereocenters. The van der Waals surface area contributed by atoms with Gasteiger partial charge in [-0.15, -0.1) is 0 Å². The molecule has 0 aliphatic rings. The normalized spacial score (nSPS) is 15.2. The van der Waals surface area contributed by atoms with Crippen molar-refractivity contribution in [2.24, 2.45) is 0 Å². The Kier molecular flexibility index (Phi) is 4.15.